The number of aliphatic carboxylic acids is 1. The predicted molar refractivity (Wildman–Crippen MR) is 136 cm³/mol. The van der Waals surface area contributed by atoms with Crippen LogP contribution in [-0.2, 0) is 14.3 Å². The fourth-order valence-electron chi connectivity index (χ4n) is 4.86. The number of amides is 2. The van der Waals surface area contributed by atoms with Gasteiger partial charge in [0.15, 0.2) is 0 Å². The monoisotopic (exact) mass is 496 g/mol. The lowest BCUT2D eigenvalue weighted by Gasteiger charge is -2.34. The molecule has 2 aromatic carbocycles. The van der Waals surface area contributed by atoms with Gasteiger partial charge in [-0.3, -0.25) is 4.79 Å². The van der Waals surface area contributed by atoms with E-state index in [-0.39, 0.29) is 30.4 Å². The molecule has 0 bridgehead atoms. The van der Waals surface area contributed by atoms with Crippen LogP contribution in [0.1, 0.15) is 50.7 Å². The van der Waals surface area contributed by atoms with Crippen LogP contribution in [0, 0.1) is 5.41 Å². The molecule has 2 amide bonds. The van der Waals surface area contributed by atoms with Crippen LogP contribution >= 0.6 is 11.8 Å². The van der Waals surface area contributed by atoms with Gasteiger partial charge in [-0.05, 0) is 42.5 Å². The number of hydrogen-bond acceptors (Lipinski definition) is 5. The van der Waals surface area contributed by atoms with E-state index in [2.05, 4.69) is 29.6 Å². The second kappa shape index (κ2) is 10.3. The Morgan fingerprint density at radius 2 is 1.69 bits per heavy atom. The van der Waals surface area contributed by atoms with E-state index in [1.54, 1.807) is 13.8 Å². The fraction of sp³-hybridized carbons (Fsp3) is 0.444. The number of carboxylic acids is 1. The van der Waals surface area contributed by atoms with E-state index in [4.69, 9.17) is 4.74 Å². The third-order valence-corrected chi connectivity index (χ3v) is 8.10. The Labute approximate surface area is 210 Å². The first kappa shape index (κ1) is 25.1. The van der Waals surface area contributed by atoms with Crippen LogP contribution in [-0.4, -0.2) is 58.3 Å². The number of carboxylic acid groups (broad SMARTS) is 1. The highest BCUT2D eigenvalue weighted by Gasteiger charge is 2.46. The molecule has 4 rings (SSSR count). The molecular formula is C27H32N2O5S. The summed E-state index contributed by atoms with van der Waals surface area (Å²) < 4.78 is 5.59. The second-order valence-electron chi connectivity index (χ2n) is 9.71. The number of hydrogen-bond donors (Lipinski definition) is 2. The van der Waals surface area contributed by atoms with E-state index < -0.39 is 23.5 Å². The lowest BCUT2D eigenvalue weighted by molar-refractivity contribution is -0.153. The normalized spacial score (nSPS) is 19.2. The van der Waals surface area contributed by atoms with Gasteiger partial charge in [0.05, 0.1) is 10.8 Å². The van der Waals surface area contributed by atoms with Crippen molar-refractivity contribution in [2.75, 3.05) is 18.9 Å². The molecule has 0 saturated carbocycles. The topological polar surface area (TPSA) is 95.9 Å². The summed E-state index contributed by atoms with van der Waals surface area (Å²) in [5, 5.41) is 12.2. The van der Waals surface area contributed by atoms with E-state index in [0.717, 1.165) is 35.1 Å². The zero-order chi connectivity index (χ0) is 25.2. The Kier molecular flexibility index (Phi) is 7.40. The van der Waals surface area contributed by atoms with Crippen LogP contribution < -0.4 is 5.32 Å². The molecule has 35 heavy (non-hydrogen) atoms. The number of rotatable bonds is 8. The number of thioether (sulfide) groups is 1. The van der Waals surface area contributed by atoms with Crippen LogP contribution in [0.15, 0.2) is 48.5 Å². The molecule has 0 spiro atoms. The van der Waals surface area contributed by atoms with E-state index >= 15 is 0 Å². The van der Waals surface area contributed by atoms with Crippen molar-refractivity contribution < 1.29 is 24.2 Å². The Balaban J connectivity index is 1.38. The summed E-state index contributed by atoms with van der Waals surface area (Å²) in [5.41, 5.74) is 3.59. The zero-order valence-corrected chi connectivity index (χ0v) is 21.1. The minimum absolute atomic E-state index is 0.0458. The summed E-state index contributed by atoms with van der Waals surface area (Å²) in [4.78, 5) is 39.2. The van der Waals surface area contributed by atoms with Crippen molar-refractivity contribution in [2.45, 2.75) is 50.9 Å². The molecule has 0 aromatic heterocycles. The van der Waals surface area contributed by atoms with Crippen molar-refractivity contribution in [1.29, 1.82) is 0 Å². The third-order valence-electron chi connectivity index (χ3n) is 6.75. The average molecular weight is 497 g/mol. The molecular weight excluding hydrogens is 464 g/mol. The molecule has 1 aliphatic carbocycles. The van der Waals surface area contributed by atoms with Gasteiger partial charge in [0.25, 0.3) is 0 Å². The number of alkyl carbamates (subject to hydrolysis) is 1. The molecule has 1 aliphatic heterocycles. The molecule has 2 atom stereocenters. The van der Waals surface area contributed by atoms with E-state index in [1.165, 1.54) is 16.7 Å². The first-order chi connectivity index (χ1) is 16.7. The lowest BCUT2D eigenvalue weighted by atomic mass is 9.90. The summed E-state index contributed by atoms with van der Waals surface area (Å²) in [6.45, 7) is 5.71. The minimum Gasteiger partial charge on any atom is -0.480 e. The first-order valence-electron chi connectivity index (χ1n) is 12.0. The summed E-state index contributed by atoms with van der Waals surface area (Å²) in [6.07, 6.45) is 0.992. The van der Waals surface area contributed by atoms with Crippen LogP contribution in [0.3, 0.4) is 0 Å². The maximum atomic E-state index is 13.4. The van der Waals surface area contributed by atoms with Crippen molar-refractivity contribution >= 4 is 29.7 Å². The number of carbonyl (C=O) groups excluding carboxylic acids is 2. The maximum absolute atomic E-state index is 13.4. The Morgan fingerprint density at radius 3 is 2.26 bits per heavy atom. The van der Waals surface area contributed by atoms with Gasteiger partial charge in [0.1, 0.15) is 12.6 Å². The standard InChI is InChI=1S/C27H32N2O5S/c1-4-9-23-29(22(15-35-23)24(30)31)25(32)27(2,3)16-28-26(33)34-14-21-19-12-7-5-10-17(19)18-11-6-8-13-20(18)21/h5-8,10-13,21-23H,4,9,14-16H2,1-3H3,(H,28,33)(H,30,31). The molecule has 0 radical (unpaired) electrons. The second-order valence-corrected chi connectivity index (χ2v) is 10.9. The molecule has 1 fully saturated rings. The number of carbonyl (C=O) groups is 3. The highest BCUT2D eigenvalue weighted by atomic mass is 32.2. The van der Waals surface area contributed by atoms with Crippen LogP contribution in [0.5, 0.6) is 0 Å². The van der Waals surface area contributed by atoms with Crippen molar-refractivity contribution in [3.8, 4) is 11.1 Å². The summed E-state index contributed by atoms with van der Waals surface area (Å²) in [5.74, 6) is -0.936. The number of nitrogens with zero attached hydrogens (tertiary/aromatic N) is 1. The van der Waals surface area contributed by atoms with Crippen LogP contribution in [0.25, 0.3) is 11.1 Å². The third kappa shape index (κ3) is 5.03. The molecule has 8 heteroatoms. The summed E-state index contributed by atoms with van der Waals surface area (Å²) in [7, 11) is 0. The van der Waals surface area contributed by atoms with Gasteiger partial charge in [0, 0.05) is 18.2 Å². The number of ether oxygens (including phenoxy) is 1. The van der Waals surface area contributed by atoms with Gasteiger partial charge in [-0.2, -0.15) is 0 Å². The molecule has 186 valence electrons. The van der Waals surface area contributed by atoms with Gasteiger partial charge in [-0.25, -0.2) is 9.59 Å². The first-order valence-corrected chi connectivity index (χ1v) is 13.1. The Morgan fingerprint density at radius 1 is 1.09 bits per heavy atom. The van der Waals surface area contributed by atoms with Crippen molar-refractivity contribution in [2.24, 2.45) is 5.41 Å². The zero-order valence-electron chi connectivity index (χ0n) is 20.3. The van der Waals surface area contributed by atoms with E-state index in [0.29, 0.717) is 5.75 Å². The number of benzene rings is 2. The predicted octanol–water partition coefficient (Wildman–Crippen LogP) is 4.71. The van der Waals surface area contributed by atoms with Gasteiger partial charge in [0.2, 0.25) is 5.91 Å². The molecule has 2 N–H and O–H groups in total. The molecule has 2 unspecified atom stereocenters. The van der Waals surface area contributed by atoms with Crippen molar-refractivity contribution in [1.82, 2.24) is 10.2 Å². The Bertz CT molecular complexity index is 1070. The average Bonchev–Trinajstić information content (AvgIpc) is 3.40. The SMILES string of the molecule is CCCC1SCC(C(=O)O)N1C(=O)C(C)(C)CNC(=O)OCC1c2ccccc2-c2ccccc21. The number of nitrogens with one attached hydrogen (secondary N) is 1. The van der Waals surface area contributed by atoms with Gasteiger partial charge in [-0.15, -0.1) is 11.8 Å². The molecule has 1 heterocycles. The van der Waals surface area contributed by atoms with Crippen LogP contribution in [0.2, 0.25) is 0 Å². The van der Waals surface area contributed by atoms with E-state index in [9.17, 15) is 19.5 Å². The van der Waals surface area contributed by atoms with Gasteiger partial charge >= 0.3 is 12.1 Å². The Hall–Kier alpha value is -3.00. The summed E-state index contributed by atoms with van der Waals surface area (Å²) >= 11 is 1.50. The molecule has 7 nitrogen and oxygen atoms in total. The largest absolute Gasteiger partial charge is 0.480 e. The van der Waals surface area contributed by atoms with E-state index in [1.807, 2.05) is 31.2 Å². The molecule has 2 aliphatic rings. The fourth-order valence-corrected chi connectivity index (χ4v) is 6.38. The quantitative estimate of drug-likeness (QED) is 0.550. The smallest absolute Gasteiger partial charge is 0.407 e. The van der Waals surface area contributed by atoms with Crippen LogP contribution in [0.4, 0.5) is 4.79 Å². The minimum atomic E-state index is -0.996. The molecule has 1 saturated heterocycles. The van der Waals surface area contributed by atoms with Gasteiger partial charge < -0.3 is 20.1 Å². The molecule has 2 aromatic rings. The van der Waals surface area contributed by atoms with Crippen molar-refractivity contribution in [3.05, 3.63) is 59.7 Å². The lowest BCUT2D eigenvalue weighted by Crippen LogP contribution is -2.53. The maximum Gasteiger partial charge on any atom is 0.407 e. The highest BCUT2D eigenvalue weighted by molar-refractivity contribution is 8.00. The highest BCUT2D eigenvalue weighted by Crippen LogP contribution is 2.44. The number of fused-ring (bicyclic) bond motifs is 3. The summed E-state index contributed by atoms with van der Waals surface area (Å²) in [6, 6.07) is 15.4. The van der Waals surface area contributed by atoms with Gasteiger partial charge in [-0.1, -0.05) is 61.9 Å². The van der Waals surface area contributed by atoms with Crippen molar-refractivity contribution in [3.63, 3.8) is 0 Å².